The first-order chi connectivity index (χ1) is 6.52. The second kappa shape index (κ2) is 4.89. The van der Waals surface area contributed by atoms with Crippen LogP contribution in [0.15, 0.2) is 22.7 Å². The molecule has 0 aliphatic heterocycles. The fourth-order valence-corrected chi connectivity index (χ4v) is 1.62. The zero-order valence-electron chi connectivity index (χ0n) is 8.43. The summed E-state index contributed by atoms with van der Waals surface area (Å²) in [7, 11) is 0. The lowest BCUT2D eigenvalue weighted by Crippen LogP contribution is -2.28. The van der Waals surface area contributed by atoms with Gasteiger partial charge in [-0.15, -0.1) is 0 Å². The number of benzene rings is 1. The molecule has 14 heavy (non-hydrogen) atoms. The maximum absolute atomic E-state index is 13.1. The summed E-state index contributed by atoms with van der Waals surface area (Å²) < 4.78 is 13.7. The SMILES string of the molecule is CC(C)C(N)Cc1cccc(F)c1Br. The summed E-state index contributed by atoms with van der Waals surface area (Å²) in [5.74, 6) is 0.184. The molecule has 0 saturated carbocycles. The van der Waals surface area contributed by atoms with Crippen LogP contribution in [0.5, 0.6) is 0 Å². The normalized spacial score (nSPS) is 13.3. The van der Waals surface area contributed by atoms with Gasteiger partial charge in [0.1, 0.15) is 5.82 Å². The zero-order chi connectivity index (χ0) is 10.7. The van der Waals surface area contributed by atoms with Crippen LogP contribution in [0.3, 0.4) is 0 Å². The molecule has 0 heterocycles. The minimum atomic E-state index is -0.224. The van der Waals surface area contributed by atoms with Crippen LogP contribution in [0.25, 0.3) is 0 Å². The summed E-state index contributed by atoms with van der Waals surface area (Å²) in [5.41, 5.74) is 6.86. The van der Waals surface area contributed by atoms with Crippen molar-refractivity contribution in [2.75, 3.05) is 0 Å². The van der Waals surface area contributed by atoms with Crippen LogP contribution < -0.4 is 5.73 Å². The smallest absolute Gasteiger partial charge is 0.137 e. The van der Waals surface area contributed by atoms with Crippen molar-refractivity contribution in [3.8, 4) is 0 Å². The number of rotatable bonds is 3. The van der Waals surface area contributed by atoms with Crippen molar-refractivity contribution < 1.29 is 4.39 Å². The molecule has 0 aliphatic rings. The van der Waals surface area contributed by atoms with Crippen LogP contribution in [0.2, 0.25) is 0 Å². The Balaban J connectivity index is 2.82. The van der Waals surface area contributed by atoms with Gasteiger partial charge < -0.3 is 5.73 Å². The highest BCUT2D eigenvalue weighted by atomic mass is 79.9. The Bertz CT molecular complexity index is 312. The number of hydrogen-bond acceptors (Lipinski definition) is 1. The van der Waals surface area contributed by atoms with Crippen LogP contribution >= 0.6 is 15.9 Å². The third-order valence-electron chi connectivity index (χ3n) is 2.34. The van der Waals surface area contributed by atoms with Crippen molar-refractivity contribution in [2.45, 2.75) is 26.3 Å². The van der Waals surface area contributed by atoms with Gasteiger partial charge >= 0.3 is 0 Å². The van der Waals surface area contributed by atoms with Gasteiger partial charge in [0, 0.05) is 6.04 Å². The van der Waals surface area contributed by atoms with E-state index in [2.05, 4.69) is 29.8 Å². The summed E-state index contributed by atoms with van der Waals surface area (Å²) in [5, 5.41) is 0. The van der Waals surface area contributed by atoms with E-state index in [-0.39, 0.29) is 11.9 Å². The Morgan fingerprint density at radius 2 is 2.07 bits per heavy atom. The van der Waals surface area contributed by atoms with Crippen LogP contribution in [-0.4, -0.2) is 6.04 Å². The van der Waals surface area contributed by atoms with Crippen LogP contribution in [0, 0.1) is 11.7 Å². The van der Waals surface area contributed by atoms with Gasteiger partial charge in [0.2, 0.25) is 0 Å². The van der Waals surface area contributed by atoms with Crippen molar-refractivity contribution in [1.82, 2.24) is 0 Å². The fourth-order valence-electron chi connectivity index (χ4n) is 1.20. The van der Waals surface area contributed by atoms with Gasteiger partial charge in [0.05, 0.1) is 4.47 Å². The fraction of sp³-hybridized carbons (Fsp3) is 0.455. The molecule has 3 heteroatoms. The third-order valence-corrected chi connectivity index (χ3v) is 3.23. The highest BCUT2D eigenvalue weighted by Crippen LogP contribution is 2.22. The zero-order valence-corrected chi connectivity index (χ0v) is 10.0. The van der Waals surface area contributed by atoms with Gasteiger partial charge in [0.15, 0.2) is 0 Å². The van der Waals surface area contributed by atoms with E-state index in [4.69, 9.17) is 5.73 Å². The lowest BCUT2D eigenvalue weighted by Gasteiger charge is -2.16. The quantitative estimate of drug-likeness (QED) is 0.887. The Kier molecular flexibility index (Phi) is 4.08. The molecule has 1 rings (SSSR count). The maximum Gasteiger partial charge on any atom is 0.137 e. The van der Waals surface area contributed by atoms with E-state index in [0.717, 1.165) is 5.56 Å². The lowest BCUT2D eigenvalue weighted by molar-refractivity contribution is 0.488. The van der Waals surface area contributed by atoms with Crippen molar-refractivity contribution in [2.24, 2.45) is 11.7 Å². The highest BCUT2D eigenvalue weighted by molar-refractivity contribution is 9.10. The molecule has 2 N–H and O–H groups in total. The van der Waals surface area contributed by atoms with E-state index in [9.17, 15) is 4.39 Å². The molecule has 0 saturated heterocycles. The molecule has 1 unspecified atom stereocenters. The summed E-state index contributed by atoms with van der Waals surface area (Å²) in [6.07, 6.45) is 0.704. The van der Waals surface area contributed by atoms with E-state index >= 15 is 0 Å². The maximum atomic E-state index is 13.1. The van der Waals surface area contributed by atoms with Gasteiger partial charge in [-0.3, -0.25) is 0 Å². The lowest BCUT2D eigenvalue weighted by atomic mass is 9.97. The highest BCUT2D eigenvalue weighted by Gasteiger charge is 2.12. The number of hydrogen-bond donors (Lipinski definition) is 1. The van der Waals surface area contributed by atoms with Crippen LogP contribution in [0.1, 0.15) is 19.4 Å². The largest absolute Gasteiger partial charge is 0.327 e. The predicted octanol–water partition coefficient (Wildman–Crippen LogP) is 3.11. The second-order valence-electron chi connectivity index (χ2n) is 3.82. The van der Waals surface area contributed by atoms with Crippen molar-refractivity contribution >= 4 is 15.9 Å². The predicted molar refractivity (Wildman–Crippen MR) is 60.6 cm³/mol. The van der Waals surface area contributed by atoms with Gasteiger partial charge in [-0.1, -0.05) is 26.0 Å². The van der Waals surface area contributed by atoms with Crippen LogP contribution in [0.4, 0.5) is 4.39 Å². The minimum Gasteiger partial charge on any atom is -0.327 e. The molecule has 0 fully saturated rings. The molecule has 78 valence electrons. The molecule has 0 radical (unpaired) electrons. The first-order valence-corrected chi connectivity index (χ1v) is 5.50. The van der Waals surface area contributed by atoms with E-state index in [0.29, 0.717) is 16.8 Å². The molecule has 0 aliphatic carbocycles. The van der Waals surface area contributed by atoms with E-state index in [1.165, 1.54) is 6.07 Å². The first kappa shape index (κ1) is 11.7. The second-order valence-corrected chi connectivity index (χ2v) is 4.62. The molecule has 1 aromatic carbocycles. The molecule has 0 amide bonds. The molecule has 0 spiro atoms. The first-order valence-electron chi connectivity index (χ1n) is 4.71. The molecule has 1 nitrogen and oxygen atoms in total. The summed E-state index contributed by atoms with van der Waals surface area (Å²) in [4.78, 5) is 0. The van der Waals surface area contributed by atoms with Gasteiger partial charge in [-0.05, 0) is 39.9 Å². The minimum absolute atomic E-state index is 0.0769. The molecule has 0 bridgehead atoms. The standard InChI is InChI=1S/C11H15BrFN/c1-7(2)10(14)6-8-4-3-5-9(13)11(8)12/h3-5,7,10H,6,14H2,1-2H3. The van der Waals surface area contributed by atoms with E-state index < -0.39 is 0 Å². The van der Waals surface area contributed by atoms with Crippen molar-refractivity contribution in [3.05, 3.63) is 34.1 Å². The molecule has 0 aromatic heterocycles. The van der Waals surface area contributed by atoms with Gasteiger partial charge in [-0.25, -0.2) is 4.39 Å². The summed E-state index contributed by atoms with van der Waals surface area (Å²) in [6.45, 7) is 4.13. The molecular formula is C11H15BrFN. The number of halogens is 2. The average molecular weight is 260 g/mol. The van der Waals surface area contributed by atoms with Gasteiger partial charge in [-0.2, -0.15) is 0 Å². The average Bonchev–Trinajstić information content (AvgIpc) is 2.12. The third kappa shape index (κ3) is 2.79. The monoisotopic (exact) mass is 259 g/mol. The molecule has 1 atom stereocenters. The number of nitrogens with two attached hydrogens (primary N) is 1. The summed E-state index contributed by atoms with van der Waals surface area (Å²) >= 11 is 3.23. The topological polar surface area (TPSA) is 26.0 Å². The summed E-state index contributed by atoms with van der Waals surface area (Å²) in [6, 6.07) is 5.12. The Hall–Kier alpha value is -0.410. The molecular weight excluding hydrogens is 245 g/mol. The van der Waals surface area contributed by atoms with Crippen molar-refractivity contribution in [3.63, 3.8) is 0 Å². The van der Waals surface area contributed by atoms with E-state index in [1.807, 2.05) is 6.07 Å². The Labute approximate surface area is 92.6 Å². The Morgan fingerprint density at radius 3 is 2.64 bits per heavy atom. The van der Waals surface area contributed by atoms with Crippen molar-refractivity contribution in [1.29, 1.82) is 0 Å². The van der Waals surface area contributed by atoms with Gasteiger partial charge in [0.25, 0.3) is 0 Å². The van der Waals surface area contributed by atoms with Crippen LogP contribution in [-0.2, 0) is 6.42 Å². The van der Waals surface area contributed by atoms with E-state index in [1.54, 1.807) is 6.07 Å². The Morgan fingerprint density at radius 1 is 1.43 bits per heavy atom. The molecule has 1 aromatic rings.